The van der Waals surface area contributed by atoms with Gasteiger partial charge in [-0.3, -0.25) is 4.79 Å². The SMILES string of the molecule is COC(=O)c1ccc(NC(=O)c2scnc2C(F)(F)F)cc1. The van der Waals surface area contributed by atoms with E-state index in [0.29, 0.717) is 11.3 Å². The molecule has 9 heteroatoms. The number of benzene rings is 1. The second kappa shape index (κ2) is 6.14. The van der Waals surface area contributed by atoms with Crippen molar-refractivity contribution in [3.63, 3.8) is 0 Å². The molecule has 1 amide bonds. The van der Waals surface area contributed by atoms with Crippen molar-refractivity contribution >= 4 is 28.9 Å². The lowest BCUT2D eigenvalue weighted by atomic mass is 10.2. The summed E-state index contributed by atoms with van der Waals surface area (Å²) < 4.78 is 42.5. The van der Waals surface area contributed by atoms with Crippen molar-refractivity contribution in [2.45, 2.75) is 6.18 Å². The first-order valence-electron chi connectivity index (χ1n) is 5.83. The van der Waals surface area contributed by atoms with Crippen LogP contribution in [0, 0.1) is 0 Å². The highest BCUT2D eigenvalue weighted by atomic mass is 32.1. The molecular formula is C13H9F3N2O3S. The molecule has 0 aliphatic rings. The van der Waals surface area contributed by atoms with Gasteiger partial charge in [0.1, 0.15) is 4.88 Å². The fraction of sp³-hybridized carbons (Fsp3) is 0.154. The van der Waals surface area contributed by atoms with Gasteiger partial charge in [-0.05, 0) is 24.3 Å². The molecule has 1 aromatic carbocycles. The molecule has 0 spiro atoms. The number of thiazole rings is 1. The highest BCUT2D eigenvalue weighted by Gasteiger charge is 2.38. The van der Waals surface area contributed by atoms with E-state index in [2.05, 4.69) is 15.0 Å². The summed E-state index contributed by atoms with van der Waals surface area (Å²) in [6.07, 6.45) is -4.69. The van der Waals surface area contributed by atoms with Crippen LogP contribution in [0.4, 0.5) is 18.9 Å². The Morgan fingerprint density at radius 2 is 1.86 bits per heavy atom. The first-order valence-corrected chi connectivity index (χ1v) is 6.71. The van der Waals surface area contributed by atoms with Crippen molar-refractivity contribution in [1.29, 1.82) is 0 Å². The zero-order chi connectivity index (χ0) is 16.3. The first-order chi connectivity index (χ1) is 10.3. The lowest BCUT2D eigenvalue weighted by molar-refractivity contribution is -0.141. The van der Waals surface area contributed by atoms with Gasteiger partial charge in [0, 0.05) is 5.69 Å². The van der Waals surface area contributed by atoms with E-state index >= 15 is 0 Å². The number of aromatic nitrogens is 1. The molecule has 2 aromatic rings. The fourth-order valence-electron chi connectivity index (χ4n) is 1.60. The van der Waals surface area contributed by atoms with Crippen molar-refractivity contribution in [2.75, 3.05) is 12.4 Å². The third-order valence-electron chi connectivity index (χ3n) is 2.61. The largest absolute Gasteiger partial charge is 0.465 e. The number of ether oxygens (including phenoxy) is 1. The summed E-state index contributed by atoms with van der Waals surface area (Å²) in [4.78, 5) is 25.8. The molecule has 1 heterocycles. The normalized spacial score (nSPS) is 11.1. The van der Waals surface area contributed by atoms with E-state index in [0.717, 1.165) is 5.51 Å². The molecule has 0 saturated heterocycles. The average molecular weight is 330 g/mol. The van der Waals surface area contributed by atoms with E-state index in [1.165, 1.54) is 31.4 Å². The van der Waals surface area contributed by atoms with Gasteiger partial charge in [0.25, 0.3) is 5.91 Å². The summed E-state index contributed by atoms with van der Waals surface area (Å²) in [5.74, 6) is -1.47. The number of carbonyl (C=O) groups excluding carboxylic acids is 2. The highest BCUT2D eigenvalue weighted by molar-refractivity contribution is 7.12. The maximum Gasteiger partial charge on any atom is 0.434 e. The van der Waals surface area contributed by atoms with Crippen molar-refractivity contribution in [3.8, 4) is 0 Å². The molecule has 0 radical (unpaired) electrons. The number of hydrogen-bond donors (Lipinski definition) is 1. The Balaban J connectivity index is 2.16. The van der Waals surface area contributed by atoms with Crippen molar-refractivity contribution < 1.29 is 27.5 Å². The topological polar surface area (TPSA) is 68.3 Å². The van der Waals surface area contributed by atoms with Gasteiger partial charge in [-0.2, -0.15) is 13.2 Å². The molecule has 0 fully saturated rings. The zero-order valence-electron chi connectivity index (χ0n) is 11.1. The lowest BCUT2D eigenvalue weighted by Crippen LogP contribution is -2.17. The molecule has 0 saturated carbocycles. The van der Waals surface area contributed by atoms with Crippen LogP contribution < -0.4 is 5.32 Å². The van der Waals surface area contributed by atoms with Crippen LogP contribution in [-0.4, -0.2) is 24.0 Å². The van der Waals surface area contributed by atoms with Crippen LogP contribution in [0.25, 0.3) is 0 Å². The minimum absolute atomic E-state index is 0.249. The summed E-state index contributed by atoms with van der Waals surface area (Å²) in [6.45, 7) is 0. The Labute approximate surface area is 126 Å². The van der Waals surface area contributed by atoms with Gasteiger partial charge in [0.15, 0.2) is 5.69 Å². The van der Waals surface area contributed by atoms with Gasteiger partial charge in [-0.25, -0.2) is 9.78 Å². The molecule has 0 aliphatic heterocycles. The van der Waals surface area contributed by atoms with E-state index in [1.54, 1.807) is 0 Å². The first kappa shape index (κ1) is 16.0. The lowest BCUT2D eigenvalue weighted by Gasteiger charge is -2.08. The monoisotopic (exact) mass is 330 g/mol. The smallest absolute Gasteiger partial charge is 0.434 e. The quantitative estimate of drug-likeness (QED) is 0.878. The van der Waals surface area contributed by atoms with E-state index in [9.17, 15) is 22.8 Å². The van der Waals surface area contributed by atoms with Gasteiger partial charge in [-0.1, -0.05) is 0 Å². The highest BCUT2D eigenvalue weighted by Crippen LogP contribution is 2.32. The minimum Gasteiger partial charge on any atom is -0.465 e. The maximum absolute atomic E-state index is 12.7. The Bertz CT molecular complexity index is 695. The predicted octanol–water partition coefficient (Wildman–Crippen LogP) is 3.20. The van der Waals surface area contributed by atoms with Gasteiger partial charge in [0.05, 0.1) is 18.2 Å². The molecule has 22 heavy (non-hydrogen) atoms. The standard InChI is InChI=1S/C13H9F3N2O3S/c1-21-12(20)7-2-4-8(5-3-7)18-11(19)9-10(13(14,15)16)17-6-22-9/h2-6H,1H3,(H,18,19). The number of esters is 1. The summed E-state index contributed by atoms with van der Waals surface area (Å²) in [6, 6.07) is 5.55. The molecule has 0 aliphatic carbocycles. The summed E-state index contributed by atoms with van der Waals surface area (Å²) in [5.41, 5.74) is 0.243. The van der Waals surface area contributed by atoms with Crippen LogP contribution in [0.3, 0.4) is 0 Å². The second-order valence-corrected chi connectivity index (χ2v) is 4.91. The summed E-state index contributed by atoms with van der Waals surface area (Å²) >= 11 is 0.598. The number of methoxy groups -OCH3 is 1. The van der Waals surface area contributed by atoms with Crippen molar-refractivity contribution in [3.05, 3.63) is 45.9 Å². The molecule has 5 nitrogen and oxygen atoms in total. The zero-order valence-corrected chi connectivity index (χ0v) is 11.9. The summed E-state index contributed by atoms with van der Waals surface area (Å²) in [5, 5.41) is 2.32. The Morgan fingerprint density at radius 3 is 2.41 bits per heavy atom. The Hall–Kier alpha value is -2.42. The van der Waals surface area contributed by atoms with Crippen LogP contribution in [-0.2, 0) is 10.9 Å². The predicted molar refractivity (Wildman–Crippen MR) is 72.9 cm³/mol. The van der Waals surface area contributed by atoms with Crippen LogP contribution in [0.1, 0.15) is 25.7 Å². The minimum atomic E-state index is -4.69. The third-order valence-corrected chi connectivity index (χ3v) is 3.43. The molecule has 0 atom stereocenters. The van der Waals surface area contributed by atoms with E-state index < -0.39 is 28.6 Å². The second-order valence-electron chi connectivity index (χ2n) is 4.05. The maximum atomic E-state index is 12.7. The van der Waals surface area contributed by atoms with Gasteiger partial charge < -0.3 is 10.1 Å². The molecule has 0 unspecified atom stereocenters. The molecule has 0 bridgehead atoms. The number of nitrogens with zero attached hydrogens (tertiary/aromatic N) is 1. The number of carbonyl (C=O) groups is 2. The average Bonchev–Trinajstić information content (AvgIpc) is 2.97. The molecule has 1 aromatic heterocycles. The van der Waals surface area contributed by atoms with Gasteiger partial charge >= 0.3 is 12.1 Å². The van der Waals surface area contributed by atoms with Gasteiger partial charge in [0.2, 0.25) is 0 Å². The summed E-state index contributed by atoms with van der Waals surface area (Å²) in [7, 11) is 1.22. The van der Waals surface area contributed by atoms with Crippen molar-refractivity contribution in [1.82, 2.24) is 4.98 Å². The van der Waals surface area contributed by atoms with E-state index in [-0.39, 0.29) is 11.3 Å². The van der Waals surface area contributed by atoms with Crippen LogP contribution >= 0.6 is 11.3 Å². The van der Waals surface area contributed by atoms with E-state index in [1.807, 2.05) is 0 Å². The molecule has 1 N–H and O–H groups in total. The van der Waals surface area contributed by atoms with E-state index in [4.69, 9.17) is 0 Å². The number of hydrogen-bond acceptors (Lipinski definition) is 5. The number of halogens is 3. The molecule has 116 valence electrons. The molecule has 2 rings (SSSR count). The van der Waals surface area contributed by atoms with Crippen molar-refractivity contribution in [2.24, 2.45) is 0 Å². The number of nitrogens with one attached hydrogen (secondary N) is 1. The Morgan fingerprint density at radius 1 is 1.23 bits per heavy atom. The number of rotatable bonds is 3. The van der Waals surface area contributed by atoms with Crippen LogP contribution in [0.15, 0.2) is 29.8 Å². The number of alkyl halides is 3. The number of anilines is 1. The molecular weight excluding hydrogens is 321 g/mol. The van der Waals surface area contributed by atoms with Gasteiger partial charge in [-0.15, -0.1) is 11.3 Å². The van der Waals surface area contributed by atoms with Crippen LogP contribution in [0.5, 0.6) is 0 Å². The number of amides is 1. The van der Waals surface area contributed by atoms with Crippen LogP contribution in [0.2, 0.25) is 0 Å². The third kappa shape index (κ3) is 3.42. The fourth-order valence-corrected chi connectivity index (χ4v) is 2.31. The Kier molecular flexibility index (Phi) is 4.45.